The summed E-state index contributed by atoms with van der Waals surface area (Å²) in [6.45, 7) is -2.11. The molecule has 0 radical (unpaired) electrons. The molecule has 3 atom stereocenters. The number of anilines is 1. The molecular formula is C25H27ClF3N5O7. The first-order valence-electron chi connectivity index (χ1n) is 12.0. The van der Waals surface area contributed by atoms with Crippen molar-refractivity contribution in [1.29, 1.82) is 0 Å². The third-order valence-electron chi connectivity index (χ3n) is 5.92. The van der Waals surface area contributed by atoms with E-state index in [4.69, 9.17) is 11.6 Å². The number of aliphatic carboxylic acids is 1. The molecule has 2 unspecified atom stereocenters. The maximum atomic E-state index is 13.4. The fourth-order valence-corrected chi connectivity index (χ4v) is 4.07. The summed E-state index contributed by atoms with van der Waals surface area (Å²) >= 11 is 5.96. The van der Waals surface area contributed by atoms with Crippen LogP contribution in [0.3, 0.4) is 0 Å². The minimum Gasteiger partial charge on any atom is -0.508 e. The Kier molecular flexibility index (Phi) is 10.4. The van der Waals surface area contributed by atoms with E-state index in [0.717, 1.165) is 24.3 Å². The van der Waals surface area contributed by atoms with Crippen LogP contribution in [0.1, 0.15) is 33.9 Å². The van der Waals surface area contributed by atoms with E-state index in [2.05, 4.69) is 26.3 Å². The van der Waals surface area contributed by atoms with Crippen LogP contribution in [0.4, 0.5) is 18.9 Å². The number of hydrogen-bond acceptors (Lipinski definition) is 9. The average molecular weight is 602 g/mol. The van der Waals surface area contributed by atoms with Crippen LogP contribution in [0, 0.1) is 0 Å². The van der Waals surface area contributed by atoms with E-state index in [1.54, 1.807) is 0 Å². The third kappa shape index (κ3) is 8.45. The smallest absolute Gasteiger partial charge is 0.305 e. The maximum Gasteiger partial charge on any atom is 0.305 e. The molecule has 8 N–H and O–H groups in total. The lowest BCUT2D eigenvalue weighted by atomic mass is 9.91. The number of nitrogens with one attached hydrogen (secondary N) is 4. The Morgan fingerprint density at radius 2 is 1.90 bits per heavy atom. The monoisotopic (exact) mass is 601 g/mol. The first-order chi connectivity index (χ1) is 19.3. The molecule has 2 amide bonds. The van der Waals surface area contributed by atoms with Crippen LogP contribution in [0.15, 0.2) is 41.4 Å². The lowest BCUT2D eigenvalue weighted by Gasteiger charge is -2.26. The molecule has 12 nitrogen and oxygen atoms in total. The number of aliphatic hydroxyl groups excluding tert-OH is 1. The molecule has 1 aliphatic rings. The number of rotatable bonds is 11. The maximum absolute atomic E-state index is 13.4. The number of phenolic OH excluding ortho intramolecular Hbond substituents is 1. The van der Waals surface area contributed by atoms with E-state index >= 15 is 0 Å². The first kappa shape index (κ1) is 31.4. The van der Waals surface area contributed by atoms with Crippen molar-refractivity contribution >= 4 is 41.0 Å². The second kappa shape index (κ2) is 13.5. The summed E-state index contributed by atoms with van der Waals surface area (Å²) in [4.78, 5) is 40.8. The Morgan fingerprint density at radius 1 is 1.17 bits per heavy atom. The number of β-amino-alcohol motifs (C(OH)–C–C–N with tert-alkyl or cyclic N) is 1. The lowest BCUT2D eigenvalue weighted by Crippen LogP contribution is -2.42. The van der Waals surface area contributed by atoms with Gasteiger partial charge in [-0.1, -0.05) is 17.7 Å². The van der Waals surface area contributed by atoms with Crippen molar-refractivity contribution in [2.45, 2.75) is 30.6 Å². The van der Waals surface area contributed by atoms with Gasteiger partial charge in [0.1, 0.15) is 12.4 Å². The zero-order valence-corrected chi connectivity index (χ0v) is 22.0. The van der Waals surface area contributed by atoms with Gasteiger partial charge in [-0.3, -0.25) is 19.4 Å². The van der Waals surface area contributed by atoms with Gasteiger partial charge < -0.3 is 41.7 Å². The van der Waals surface area contributed by atoms with Crippen molar-refractivity contribution in [3.05, 3.63) is 58.1 Å². The van der Waals surface area contributed by atoms with E-state index in [1.165, 1.54) is 12.1 Å². The van der Waals surface area contributed by atoms with Crippen molar-refractivity contribution in [1.82, 2.24) is 16.0 Å². The van der Waals surface area contributed by atoms with Crippen molar-refractivity contribution < 1.29 is 48.0 Å². The third-order valence-corrected chi connectivity index (χ3v) is 6.14. The molecular weight excluding hydrogens is 575 g/mol. The minimum absolute atomic E-state index is 0.0455. The van der Waals surface area contributed by atoms with Crippen molar-refractivity contribution in [2.75, 3.05) is 31.6 Å². The Morgan fingerprint density at radius 3 is 2.51 bits per heavy atom. The number of benzene rings is 2. The van der Waals surface area contributed by atoms with Gasteiger partial charge in [0.2, 0.25) is 5.91 Å². The number of phenols is 1. The van der Waals surface area contributed by atoms with E-state index in [-0.39, 0.29) is 40.7 Å². The predicted molar refractivity (Wildman–Crippen MR) is 141 cm³/mol. The van der Waals surface area contributed by atoms with Gasteiger partial charge >= 0.3 is 5.97 Å². The molecule has 1 aliphatic heterocycles. The topological polar surface area (TPSA) is 193 Å². The van der Waals surface area contributed by atoms with Crippen LogP contribution in [0.2, 0.25) is 5.02 Å². The highest BCUT2D eigenvalue weighted by Gasteiger charge is 2.40. The van der Waals surface area contributed by atoms with Gasteiger partial charge in [0.05, 0.1) is 31.7 Å². The molecule has 0 saturated carbocycles. The molecule has 0 aliphatic carbocycles. The van der Waals surface area contributed by atoms with Gasteiger partial charge in [-0.2, -0.15) is 0 Å². The number of carboxylic acids is 1. The van der Waals surface area contributed by atoms with Gasteiger partial charge in [0.15, 0.2) is 11.6 Å². The van der Waals surface area contributed by atoms with E-state index < -0.39 is 67.2 Å². The molecule has 0 saturated heterocycles. The first-order valence-corrected chi connectivity index (χ1v) is 12.4. The number of amides is 2. The summed E-state index contributed by atoms with van der Waals surface area (Å²) in [5.74, 6) is -3.02. The van der Waals surface area contributed by atoms with Gasteiger partial charge in [-0.15, -0.1) is 0 Å². The summed E-state index contributed by atoms with van der Waals surface area (Å²) in [5, 5.41) is 49.0. The van der Waals surface area contributed by atoms with Gasteiger partial charge in [-0.05, 0) is 35.4 Å². The number of aliphatic hydroxyl groups is 2. The second-order valence-corrected chi connectivity index (χ2v) is 9.59. The Hall–Kier alpha value is -4.08. The number of halogens is 4. The highest BCUT2D eigenvalue weighted by atomic mass is 35.5. The Bertz CT molecular complexity index is 1330. The Labute approximate surface area is 236 Å². The van der Waals surface area contributed by atoms with Crippen LogP contribution in [-0.2, 0) is 15.2 Å². The summed E-state index contributed by atoms with van der Waals surface area (Å²) in [6, 6.07) is 5.43. The average Bonchev–Trinajstić information content (AvgIpc) is 2.91. The normalized spacial score (nSPS) is 17.0. The predicted octanol–water partition coefficient (Wildman–Crippen LogP) is 1.26. The van der Waals surface area contributed by atoms with Gasteiger partial charge in [0, 0.05) is 28.9 Å². The molecule has 3 rings (SSSR count). The van der Waals surface area contributed by atoms with E-state index in [1.807, 2.05) is 0 Å². The molecule has 0 spiro atoms. The number of carbonyl (C=O) groups excluding carboxylic acids is 2. The zero-order valence-electron chi connectivity index (χ0n) is 21.2. The van der Waals surface area contributed by atoms with Crippen molar-refractivity contribution in [3.63, 3.8) is 0 Å². The summed E-state index contributed by atoms with van der Waals surface area (Å²) in [6.07, 6.45) is -4.92. The number of nitrogens with zero attached hydrogens (tertiary/aromatic N) is 1. The molecule has 41 heavy (non-hydrogen) atoms. The fourth-order valence-electron chi connectivity index (χ4n) is 3.83. The number of aliphatic imine (C=N–C) groups is 1. The van der Waals surface area contributed by atoms with Crippen molar-refractivity contribution in [3.8, 4) is 5.75 Å². The Balaban J connectivity index is 1.71. The van der Waals surface area contributed by atoms with Crippen LogP contribution in [0.25, 0.3) is 0 Å². The number of guanidine groups is 1. The van der Waals surface area contributed by atoms with E-state index in [9.17, 15) is 48.0 Å². The summed E-state index contributed by atoms with van der Waals surface area (Å²) in [7, 11) is 0. The quantitative estimate of drug-likeness (QED) is 0.187. The van der Waals surface area contributed by atoms with Crippen molar-refractivity contribution in [2.24, 2.45) is 4.99 Å². The molecule has 16 heteroatoms. The molecule has 0 fully saturated rings. The zero-order chi connectivity index (χ0) is 30.3. The number of aromatic hydroxyl groups is 1. The standard InChI is InChI=1S/C25H27ClF3N5O7/c26-15-2-12(1-14(5-15)25(41,11-27)23(28)29)19(7-21(38)39)34-20(37)10-30-22(40)13-3-16(6-17(35)4-13)33-24-31-8-18(36)9-32-24/h1-6,18-19,23,35-36,41H,7-11H2,(H,30,40)(H,34,37)(H,38,39)(H2,31,32,33)/t19-,25?/m0/s1. The van der Waals surface area contributed by atoms with Crippen LogP contribution in [0.5, 0.6) is 5.75 Å². The van der Waals surface area contributed by atoms with Crippen LogP contribution >= 0.6 is 11.6 Å². The van der Waals surface area contributed by atoms with Crippen LogP contribution < -0.4 is 21.3 Å². The lowest BCUT2D eigenvalue weighted by molar-refractivity contribution is -0.137. The summed E-state index contributed by atoms with van der Waals surface area (Å²) < 4.78 is 40.1. The molecule has 0 aromatic heterocycles. The SMILES string of the molecule is O=C(O)C[C@H](NC(=O)CNC(=O)c1cc(O)cc(NC2=NCC(O)CN2)c1)c1cc(Cl)cc(C(O)(CF)C(F)F)c1. The van der Waals surface area contributed by atoms with Gasteiger partial charge in [0.25, 0.3) is 12.3 Å². The highest BCUT2D eigenvalue weighted by molar-refractivity contribution is 6.30. The highest BCUT2D eigenvalue weighted by Crippen LogP contribution is 2.33. The number of carboxylic acid groups (broad SMARTS) is 1. The molecule has 0 bridgehead atoms. The minimum atomic E-state index is -3.53. The summed E-state index contributed by atoms with van der Waals surface area (Å²) in [5.41, 5.74) is -3.69. The number of hydrogen-bond donors (Lipinski definition) is 8. The van der Waals surface area contributed by atoms with Crippen LogP contribution in [-0.4, -0.2) is 83.0 Å². The molecule has 222 valence electrons. The molecule has 2 aromatic carbocycles. The van der Waals surface area contributed by atoms with Gasteiger partial charge in [-0.25, -0.2) is 13.2 Å². The largest absolute Gasteiger partial charge is 0.508 e. The fraction of sp³-hybridized carbons (Fsp3) is 0.360. The number of alkyl halides is 3. The van der Waals surface area contributed by atoms with E-state index in [0.29, 0.717) is 5.96 Å². The molecule has 2 aromatic rings. The second-order valence-electron chi connectivity index (χ2n) is 9.15. The number of carbonyl (C=O) groups is 3. The molecule has 1 heterocycles.